The largest absolute Gasteiger partial charge is 0.381 e. The van der Waals surface area contributed by atoms with Gasteiger partial charge in [0.15, 0.2) is 0 Å². The van der Waals surface area contributed by atoms with E-state index in [1.807, 2.05) is 7.11 Å². The number of hydrogen-bond acceptors (Lipinski definition) is 3. The van der Waals surface area contributed by atoms with Gasteiger partial charge in [-0.15, -0.1) is 0 Å². The molecule has 1 aliphatic carbocycles. The summed E-state index contributed by atoms with van der Waals surface area (Å²) in [4.78, 5) is 2.86. The van der Waals surface area contributed by atoms with Gasteiger partial charge in [-0.2, -0.15) is 0 Å². The number of nitrogens with zero attached hydrogens (tertiary/aromatic N) is 1. The van der Waals surface area contributed by atoms with Crippen LogP contribution in [-0.4, -0.2) is 49.8 Å². The Labute approximate surface area is 111 Å². The number of rotatable bonds is 3. The summed E-state index contributed by atoms with van der Waals surface area (Å²) in [5.41, 5.74) is 0. The molecular formula is C15H28N2O. The molecule has 3 atom stereocenters. The lowest BCUT2D eigenvalue weighted by atomic mass is 9.89. The highest BCUT2D eigenvalue weighted by Gasteiger charge is 2.45. The Hall–Kier alpha value is -0.120. The third-order valence-electron chi connectivity index (χ3n) is 5.62. The summed E-state index contributed by atoms with van der Waals surface area (Å²) in [5.74, 6) is 1.85. The smallest absolute Gasteiger partial charge is 0.0572 e. The SMILES string of the molecule is CCC1C2CNCC2CN1C1CCC(OC)CC1. The average Bonchev–Trinajstić information content (AvgIpc) is 2.98. The molecule has 3 fully saturated rings. The van der Waals surface area contributed by atoms with Gasteiger partial charge in [0.25, 0.3) is 0 Å². The maximum absolute atomic E-state index is 5.50. The van der Waals surface area contributed by atoms with Crippen molar-refractivity contribution < 1.29 is 4.74 Å². The topological polar surface area (TPSA) is 24.5 Å². The Morgan fingerprint density at radius 2 is 1.94 bits per heavy atom. The fourth-order valence-electron chi connectivity index (χ4n) is 4.63. The van der Waals surface area contributed by atoms with Gasteiger partial charge >= 0.3 is 0 Å². The molecule has 3 heteroatoms. The van der Waals surface area contributed by atoms with Crippen molar-refractivity contribution in [3.05, 3.63) is 0 Å². The Kier molecular flexibility index (Phi) is 3.92. The van der Waals surface area contributed by atoms with Crippen LogP contribution >= 0.6 is 0 Å². The van der Waals surface area contributed by atoms with Gasteiger partial charge in [-0.1, -0.05) is 6.92 Å². The van der Waals surface area contributed by atoms with Crippen molar-refractivity contribution in [2.75, 3.05) is 26.7 Å². The molecule has 0 bridgehead atoms. The fraction of sp³-hybridized carbons (Fsp3) is 1.00. The van der Waals surface area contributed by atoms with E-state index in [0.29, 0.717) is 6.10 Å². The van der Waals surface area contributed by atoms with E-state index in [2.05, 4.69) is 17.1 Å². The second kappa shape index (κ2) is 5.48. The van der Waals surface area contributed by atoms with Crippen LogP contribution in [0.2, 0.25) is 0 Å². The molecule has 0 aromatic carbocycles. The van der Waals surface area contributed by atoms with E-state index < -0.39 is 0 Å². The van der Waals surface area contributed by atoms with Crippen LogP contribution in [-0.2, 0) is 4.74 Å². The van der Waals surface area contributed by atoms with Gasteiger partial charge in [0.05, 0.1) is 6.10 Å². The molecule has 3 nitrogen and oxygen atoms in total. The third kappa shape index (κ3) is 2.21. The normalized spacial score (nSPS) is 45.3. The van der Waals surface area contributed by atoms with Crippen molar-refractivity contribution in [1.82, 2.24) is 10.2 Å². The van der Waals surface area contributed by atoms with E-state index in [1.54, 1.807) is 0 Å². The van der Waals surface area contributed by atoms with Crippen LogP contribution in [0.3, 0.4) is 0 Å². The third-order valence-corrected chi connectivity index (χ3v) is 5.62. The quantitative estimate of drug-likeness (QED) is 0.830. The summed E-state index contributed by atoms with van der Waals surface area (Å²) in [6.07, 6.45) is 7.09. The van der Waals surface area contributed by atoms with Crippen LogP contribution in [0.1, 0.15) is 39.0 Å². The first kappa shape index (κ1) is 12.9. The van der Waals surface area contributed by atoms with Crippen LogP contribution in [0.15, 0.2) is 0 Å². The van der Waals surface area contributed by atoms with Gasteiger partial charge in [-0.3, -0.25) is 4.90 Å². The van der Waals surface area contributed by atoms with Crippen molar-refractivity contribution in [3.8, 4) is 0 Å². The Morgan fingerprint density at radius 3 is 2.61 bits per heavy atom. The van der Waals surface area contributed by atoms with E-state index >= 15 is 0 Å². The molecular weight excluding hydrogens is 224 g/mol. The van der Waals surface area contributed by atoms with Crippen LogP contribution in [0.4, 0.5) is 0 Å². The molecule has 3 rings (SSSR count). The van der Waals surface area contributed by atoms with Crippen LogP contribution in [0, 0.1) is 11.8 Å². The summed E-state index contributed by atoms with van der Waals surface area (Å²) < 4.78 is 5.50. The highest BCUT2D eigenvalue weighted by Crippen LogP contribution is 2.38. The lowest BCUT2D eigenvalue weighted by Crippen LogP contribution is -2.44. The maximum atomic E-state index is 5.50. The summed E-state index contributed by atoms with van der Waals surface area (Å²) in [6.45, 7) is 6.23. The minimum absolute atomic E-state index is 0.532. The molecule has 1 saturated carbocycles. The molecule has 3 aliphatic rings. The first-order valence-electron chi connectivity index (χ1n) is 7.82. The monoisotopic (exact) mass is 252 g/mol. The molecule has 0 radical (unpaired) electrons. The number of likely N-dealkylation sites (tertiary alicyclic amines) is 1. The van der Waals surface area contributed by atoms with E-state index in [1.165, 1.54) is 51.7 Å². The van der Waals surface area contributed by atoms with Crippen molar-refractivity contribution in [2.45, 2.75) is 57.2 Å². The van der Waals surface area contributed by atoms with E-state index in [9.17, 15) is 0 Å². The van der Waals surface area contributed by atoms with Crippen molar-refractivity contribution in [3.63, 3.8) is 0 Å². The van der Waals surface area contributed by atoms with Gasteiger partial charge in [-0.25, -0.2) is 0 Å². The number of ether oxygens (including phenoxy) is 1. The predicted molar refractivity (Wildman–Crippen MR) is 73.7 cm³/mol. The molecule has 3 unspecified atom stereocenters. The second-order valence-electron chi connectivity index (χ2n) is 6.42. The first-order valence-corrected chi connectivity index (χ1v) is 7.82. The van der Waals surface area contributed by atoms with Crippen LogP contribution < -0.4 is 5.32 Å². The zero-order valence-electron chi connectivity index (χ0n) is 11.9. The van der Waals surface area contributed by atoms with E-state index in [-0.39, 0.29) is 0 Å². The number of hydrogen-bond donors (Lipinski definition) is 1. The molecule has 18 heavy (non-hydrogen) atoms. The summed E-state index contributed by atoms with van der Waals surface area (Å²) in [5, 5.41) is 3.58. The predicted octanol–water partition coefficient (Wildman–Crippen LogP) is 1.87. The highest BCUT2D eigenvalue weighted by atomic mass is 16.5. The fourth-order valence-corrected chi connectivity index (χ4v) is 4.63. The number of fused-ring (bicyclic) bond motifs is 1. The summed E-state index contributed by atoms with van der Waals surface area (Å²) in [6, 6.07) is 1.68. The molecule has 2 aliphatic heterocycles. The number of methoxy groups -OCH3 is 1. The zero-order chi connectivity index (χ0) is 12.5. The van der Waals surface area contributed by atoms with Crippen molar-refractivity contribution in [2.24, 2.45) is 11.8 Å². The second-order valence-corrected chi connectivity index (χ2v) is 6.42. The Morgan fingerprint density at radius 1 is 1.17 bits per heavy atom. The molecule has 0 spiro atoms. The Balaban J connectivity index is 1.62. The van der Waals surface area contributed by atoms with Gasteiger partial charge in [0, 0.05) is 25.7 Å². The standard InChI is InChI=1S/C15H28N2O/c1-3-15-14-9-16-8-11(14)10-17(15)12-4-6-13(18-2)7-5-12/h11-16H,3-10H2,1-2H3. The van der Waals surface area contributed by atoms with Gasteiger partial charge in [0.2, 0.25) is 0 Å². The zero-order valence-corrected chi connectivity index (χ0v) is 11.9. The molecule has 2 heterocycles. The summed E-state index contributed by atoms with van der Waals surface area (Å²) >= 11 is 0. The molecule has 104 valence electrons. The van der Waals surface area contributed by atoms with Crippen LogP contribution in [0.5, 0.6) is 0 Å². The lowest BCUT2D eigenvalue weighted by Gasteiger charge is -2.38. The van der Waals surface area contributed by atoms with Gasteiger partial charge < -0.3 is 10.1 Å². The minimum Gasteiger partial charge on any atom is -0.381 e. The van der Waals surface area contributed by atoms with E-state index in [0.717, 1.165) is 23.9 Å². The lowest BCUT2D eigenvalue weighted by molar-refractivity contribution is 0.0315. The highest BCUT2D eigenvalue weighted by molar-refractivity contribution is 5.00. The van der Waals surface area contributed by atoms with Gasteiger partial charge in [-0.05, 0) is 57.0 Å². The van der Waals surface area contributed by atoms with Crippen molar-refractivity contribution in [1.29, 1.82) is 0 Å². The molecule has 0 aromatic rings. The first-order chi connectivity index (χ1) is 8.83. The average molecular weight is 252 g/mol. The minimum atomic E-state index is 0.532. The van der Waals surface area contributed by atoms with Crippen LogP contribution in [0.25, 0.3) is 0 Å². The molecule has 2 saturated heterocycles. The van der Waals surface area contributed by atoms with Gasteiger partial charge in [0.1, 0.15) is 0 Å². The molecule has 0 amide bonds. The van der Waals surface area contributed by atoms with Crippen molar-refractivity contribution >= 4 is 0 Å². The molecule has 1 N–H and O–H groups in total. The van der Waals surface area contributed by atoms with E-state index in [4.69, 9.17) is 4.74 Å². The maximum Gasteiger partial charge on any atom is 0.0572 e. The number of nitrogens with one attached hydrogen (secondary N) is 1. The Bertz CT molecular complexity index is 276. The molecule has 0 aromatic heterocycles. The summed E-state index contributed by atoms with van der Waals surface area (Å²) in [7, 11) is 1.87.